The second-order valence-electron chi connectivity index (χ2n) is 4.43. The lowest BCUT2D eigenvalue weighted by Gasteiger charge is -2.29. The molecule has 14 heavy (non-hydrogen) atoms. The summed E-state index contributed by atoms with van der Waals surface area (Å²) in [6.45, 7) is 1.55. The topological polar surface area (TPSA) is 60.8 Å². The molecule has 1 saturated carbocycles. The van der Waals surface area contributed by atoms with Crippen molar-refractivity contribution < 1.29 is 15.0 Å². The lowest BCUT2D eigenvalue weighted by molar-refractivity contribution is -0.158. The Balaban J connectivity index is 2.46. The standard InChI is InChI=1S/C10H19NO3/c1-10(14,9(12)13)7-11(2)8-5-3-4-6-8/h8,14H,3-7H2,1-2H3,(H,12,13). The van der Waals surface area contributed by atoms with Gasteiger partial charge < -0.3 is 10.2 Å². The van der Waals surface area contributed by atoms with Crippen molar-refractivity contribution in [3.63, 3.8) is 0 Å². The van der Waals surface area contributed by atoms with Crippen LogP contribution >= 0.6 is 0 Å². The molecule has 0 bridgehead atoms. The van der Waals surface area contributed by atoms with Gasteiger partial charge in [-0.15, -0.1) is 0 Å². The van der Waals surface area contributed by atoms with Gasteiger partial charge in [-0.05, 0) is 26.8 Å². The van der Waals surface area contributed by atoms with E-state index in [-0.39, 0.29) is 6.54 Å². The Labute approximate surface area is 84.5 Å². The van der Waals surface area contributed by atoms with E-state index in [4.69, 9.17) is 5.11 Å². The third-order valence-electron chi connectivity index (χ3n) is 2.97. The summed E-state index contributed by atoms with van der Waals surface area (Å²) in [5, 5.41) is 18.3. The predicted molar refractivity (Wildman–Crippen MR) is 53.1 cm³/mol. The molecule has 0 spiro atoms. The maximum Gasteiger partial charge on any atom is 0.336 e. The Morgan fingerprint density at radius 1 is 1.50 bits per heavy atom. The highest BCUT2D eigenvalue weighted by molar-refractivity contribution is 5.76. The molecule has 0 saturated heterocycles. The molecule has 2 N–H and O–H groups in total. The summed E-state index contributed by atoms with van der Waals surface area (Å²) in [5.41, 5.74) is -1.63. The van der Waals surface area contributed by atoms with Gasteiger partial charge in [0.2, 0.25) is 0 Å². The molecule has 4 nitrogen and oxygen atoms in total. The van der Waals surface area contributed by atoms with Crippen molar-refractivity contribution in [3.05, 3.63) is 0 Å². The zero-order valence-electron chi connectivity index (χ0n) is 8.86. The number of nitrogens with zero attached hydrogens (tertiary/aromatic N) is 1. The molecule has 0 heterocycles. The van der Waals surface area contributed by atoms with Crippen LogP contribution in [0.5, 0.6) is 0 Å². The number of hydrogen-bond acceptors (Lipinski definition) is 3. The number of likely N-dealkylation sites (N-methyl/N-ethyl adjacent to an activating group) is 1. The SMILES string of the molecule is CN(CC(C)(O)C(=O)O)C1CCCC1. The van der Waals surface area contributed by atoms with Crippen LogP contribution < -0.4 is 0 Å². The van der Waals surface area contributed by atoms with Gasteiger partial charge in [0.25, 0.3) is 0 Å². The van der Waals surface area contributed by atoms with E-state index in [1.54, 1.807) is 0 Å². The van der Waals surface area contributed by atoms with Gasteiger partial charge in [0, 0.05) is 12.6 Å². The van der Waals surface area contributed by atoms with E-state index < -0.39 is 11.6 Å². The fourth-order valence-electron chi connectivity index (χ4n) is 2.03. The quantitative estimate of drug-likeness (QED) is 0.702. The average molecular weight is 201 g/mol. The first-order valence-electron chi connectivity index (χ1n) is 5.09. The van der Waals surface area contributed by atoms with Crippen LogP contribution in [0.1, 0.15) is 32.6 Å². The molecule has 1 rings (SSSR count). The Hall–Kier alpha value is -0.610. The van der Waals surface area contributed by atoms with Crippen LogP contribution in [-0.4, -0.2) is 46.3 Å². The van der Waals surface area contributed by atoms with Crippen LogP contribution in [0.15, 0.2) is 0 Å². The average Bonchev–Trinajstić information content (AvgIpc) is 2.54. The lowest BCUT2D eigenvalue weighted by atomic mass is 10.1. The minimum Gasteiger partial charge on any atom is -0.479 e. The summed E-state index contributed by atoms with van der Waals surface area (Å²) in [6.07, 6.45) is 4.66. The lowest BCUT2D eigenvalue weighted by Crippen LogP contribution is -2.48. The van der Waals surface area contributed by atoms with Crippen molar-refractivity contribution in [1.82, 2.24) is 4.90 Å². The largest absolute Gasteiger partial charge is 0.479 e. The Morgan fingerprint density at radius 2 is 2.00 bits per heavy atom. The van der Waals surface area contributed by atoms with Gasteiger partial charge >= 0.3 is 5.97 Å². The fraction of sp³-hybridized carbons (Fsp3) is 0.900. The summed E-state index contributed by atoms with van der Waals surface area (Å²) >= 11 is 0. The van der Waals surface area contributed by atoms with Crippen LogP contribution in [0.3, 0.4) is 0 Å². The van der Waals surface area contributed by atoms with Gasteiger partial charge in [0.05, 0.1) is 0 Å². The minimum absolute atomic E-state index is 0.201. The maximum atomic E-state index is 10.7. The molecule has 1 aliphatic rings. The second-order valence-corrected chi connectivity index (χ2v) is 4.43. The molecule has 0 radical (unpaired) electrons. The third kappa shape index (κ3) is 2.69. The van der Waals surface area contributed by atoms with Crippen molar-refractivity contribution in [2.45, 2.75) is 44.2 Å². The van der Waals surface area contributed by atoms with E-state index in [9.17, 15) is 9.90 Å². The molecule has 0 aromatic carbocycles. The Bertz CT molecular complexity index is 209. The molecule has 0 aromatic heterocycles. The monoisotopic (exact) mass is 201 g/mol. The molecule has 1 fully saturated rings. The van der Waals surface area contributed by atoms with Gasteiger partial charge in [-0.2, -0.15) is 0 Å². The van der Waals surface area contributed by atoms with Crippen LogP contribution in [0, 0.1) is 0 Å². The van der Waals surface area contributed by atoms with Crippen LogP contribution in [0.4, 0.5) is 0 Å². The summed E-state index contributed by atoms with van der Waals surface area (Å²) in [7, 11) is 1.88. The van der Waals surface area contributed by atoms with E-state index in [0.717, 1.165) is 12.8 Å². The number of rotatable bonds is 4. The Kier molecular flexibility index (Phi) is 3.50. The minimum atomic E-state index is -1.63. The molecule has 0 amide bonds. The van der Waals surface area contributed by atoms with Crippen molar-refractivity contribution in [2.75, 3.05) is 13.6 Å². The number of carboxylic acid groups (broad SMARTS) is 1. The zero-order chi connectivity index (χ0) is 10.8. The number of aliphatic hydroxyl groups is 1. The molecule has 1 atom stereocenters. The highest BCUT2D eigenvalue weighted by atomic mass is 16.4. The highest BCUT2D eigenvalue weighted by Gasteiger charge is 2.33. The number of carbonyl (C=O) groups is 1. The molecular formula is C10H19NO3. The van der Waals surface area contributed by atoms with Crippen LogP contribution in [-0.2, 0) is 4.79 Å². The van der Waals surface area contributed by atoms with Gasteiger partial charge in [-0.3, -0.25) is 4.90 Å². The van der Waals surface area contributed by atoms with E-state index >= 15 is 0 Å². The number of aliphatic carboxylic acids is 1. The normalized spacial score (nSPS) is 22.6. The third-order valence-corrected chi connectivity index (χ3v) is 2.97. The smallest absolute Gasteiger partial charge is 0.336 e. The van der Waals surface area contributed by atoms with E-state index in [0.29, 0.717) is 6.04 Å². The summed E-state index contributed by atoms with van der Waals surface area (Å²) in [6, 6.07) is 0.445. The fourth-order valence-corrected chi connectivity index (χ4v) is 2.03. The molecular weight excluding hydrogens is 182 g/mol. The van der Waals surface area contributed by atoms with Gasteiger partial charge in [0.1, 0.15) is 0 Å². The van der Waals surface area contributed by atoms with E-state index in [1.165, 1.54) is 19.8 Å². The zero-order valence-corrected chi connectivity index (χ0v) is 8.86. The van der Waals surface area contributed by atoms with Crippen molar-refractivity contribution in [2.24, 2.45) is 0 Å². The van der Waals surface area contributed by atoms with Crippen molar-refractivity contribution in [1.29, 1.82) is 0 Å². The van der Waals surface area contributed by atoms with E-state index in [2.05, 4.69) is 0 Å². The maximum absolute atomic E-state index is 10.7. The molecule has 1 aliphatic carbocycles. The van der Waals surface area contributed by atoms with Crippen molar-refractivity contribution >= 4 is 5.97 Å². The van der Waals surface area contributed by atoms with E-state index in [1.807, 2.05) is 11.9 Å². The second kappa shape index (κ2) is 4.28. The molecule has 82 valence electrons. The highest BCUT2D eigenvalue weighted by Crippen LogP contribution is 2.23. The number of hydrogen-bond donors (Lipinski definition) is 2. The van der Waals surface area contributed by atoms with Gasteiger partial charge in [0.15, 0.2) is 5.60 Å². The summed E-state index contributed by atoms with van der Waals surface area (Å²) in [5.74, 6) is -1.15. The summed E-state index contributed by atoms with van der Waals surface area (Å²) in [4.78, 5) is 12.7. The number of carboxylic acids is 1. The summed E-state index contributed by atoms with van der Waals surface area (Å²) < 4.78 is 0. The first kappa shape index (κ1) is 11.5. The van der Waals surface area contributed by atoms with Gasteiger partial charge in [-0.1, -0.05) is 12.8 Å². The first-order valence-corrected chi connectivity index (χ1v) is 5.09. The Morgan fingerprint density at radius 3 is 2.43 bits per heavy atom. The molecule has 0 aliphatic heterocycles. The van der Waals surface area contributed by atoms with Gasteiger partial charge in [-0.25, -0.2) is 4.79 Å². The molecule has 4 heteroatoms. The predicted octanol–water partition coefficient (Wildman–Crippen LogP) is 0.696. The first-order chi connectivity index (χ1) is 6.43. The van der Waals surface area contributed by atoms with Crippen LogP contribution in [0.25, 0.3) is 0 Å². The molecule has 0 aromatic rings. The van der Waals surface area contributed by atoms with Crippen molar-refractivity contribution in [3.8, 4) is 0 Å². The molecule has 1 unspecified atom stereocenters. The van der Waals surface area contributed by atoms with Crippen LogP contribution in [0.2, 0.25) is 0 Å².